The lowest BCUT2D eigenvalue weighted by molar-refractivity contribution is -0.385. The molecule has 1 fully saturated rings. The second-order valence-electron chi connectivity index (χ2n) is 5.66. The summed E-state index contributed by atoms with van der Waals surface area (Å²) in [6.45, 7) is 4.50. The van der Waals surface area contributed by atoms with E-state index >= 15 is 0 Å². The Labute approximate surface area is 139 Å². The molecular formula is C16H21N3O5. The smallest absolute Gasteiger partial charge is 0.407 e. The zero-order chi connectivity index (χ0) is 17.7. The highest BCUT2D eigenvalue weighted by Crippen LogP contribution is 2.23. The molecule has 0 aliphatic carbocycles. The van der Waals surface area contributed by atoms with Crippen LogP contribution in [-0.4, -0.2) is 47.6 Å². The predicted octanol–water partition coefficient (Wildman–Crippen LogP) is 2.25. The minimum Gasteiger partial charge on any atom is -0.450 e. The molecule has 1 N–H and O–H groups in total. The maximum Gasteiger partial charge on any atom is 0.407 e. The van der Waals surface area contributed by atoms with Crippen molar-refractivity contribution < 1.29 is 19.2 Å². The van der Waals surface area contributed by atoms with E-state index in [-0.39, 0.29) is 24.2 Å². The van der Waals surface area contributed by atoms with Gasteiger partial charge in [-0.25, -0.2) is 4.79 Å². The number of nitrogens with zero attached hydrogens (tertiary/aromatic N) is 2. The van der Waals surface area contributed by atoms with Gasteiger partial charge in [0, 0.05) is 36.3 Å². The molecule has 1 saturated heterocycles. The summed E-state index contributed by atoms with van der Waals surface area (Å²) in [5.74, 6) is -0.258. The summed E-state index contributed by atoms with van der Waals surface area (Å²) >= 11 is 0. The number of nitro groups is 1. The van der Waals surface area contributed by atoms with Gasteiger partial charge in [-0.2, -0.15) is 0 Å². The van der Waals surface area contributed by atoms with Crippen LogP contribution in [0.1, 0.15) is 35.7 Å². The van der Waals surface area contributed by atoms with Crippen molar-refractivity contribution in [2.45, 2.75) is 32.7 Å². The third-order valence-electron chi connectivity index (χ3n) is 4.04. The summed E-state index contributed by atoms with van der Waals surface area (Å²) in [4.78, 5) is 36.4. The van der Waals surface area contributed by atoms with Crippen molar-refractivity contribution in [3.63, 3.8) is 0 Å². The average molecular weight is 335 g/mol. The zero-order valence-corrected chi connectivity index (χ0v) is 13.8. The molecule has 1 unspecified atom stereocenters. The van der Waals surface area contributed by atoms with Crippen LogP contribution in [0.4, 0.5) is 10.5 Å². The fourth-order valence-corrected chi connectivity index (χ4v) is 2.84. The number of ether oxygens (including phenoxy) is 1. The molecule has 8 nitrogen and oxygen atoms in total. The highest BCUT2D eigenvalue weighted by Gasteiger charge is 2.28. The number of hydrogen-bond donors (Lipinski definition) is 1. The van der Waals surface area contributed by atoms with Gasteiger partial charge in [0.2, 0.25) is 0 Å². The molecule has 1 heterocycles. The van der Waals surface area contributed by atoms with Crippen LogP contribution < -0.4 is 5.32 Å². The summed E-state index contributed by atoms with van der Waals surface area (Å²) < 4.78 is 4.86. The lowest BCUT2D eigenvalue weighted by Gasteiger charge is -2.33. The minimum atomic E-state index is -0.497. The first-order valence-electron chi connectivity index (χ1n) is 7.90. The zero-order valence-electron chi connectivity index (χ0n) is 13.8. The van der Waals surface area contributed by atoms with Gasteiger partial charge < -0.3 is 15.0 Å². The number of hydrogen-bond acceptors (Lipinski definition) is 5. The number of nitro benzene ring substituents is 1. The van der Waals surface area contributed by atoms with Gasteiger partial charge in [-0.05, 0) is 32.8 Å². The fourth-order valence-electron chi connectivity index (χ4n) is 2.84. The second-order valence-corrected chi connectivity index (χ2v) is 5.66. The van der Waals surface area contributed by atoms with E-state index in [2.05, 4.69) is 5.32 Å². The summed E-state index contributed by atoms with van der Waals surface area (Å²) in [7, 11) is 0. The molecule has 0 saturated carbocycles. The van der Waals surface area contributed by atoms with Crippen LogP contribution >= 0.6 is 0 Å². The normalized spacial score (nSPS) is 17.2. The van der Waals surface area contributed by atoms with Gasteiger partial charge in [-0.15, -0.1) is 0 Å². The first-order valence-corrected chi connectivity index (χ1v) is 7.90. The monoisotopic (exact) mass is 335 g/mol. The SMILES string of the molecule is CCOC(=O)NC1CCCN(C(=O)c2cccc([N+](=O)[O-])c2C)C1. The number of amides is 2. The first-order chi connectivity index (χ1) is 11.4. The lowest BCUT2D eigenvalue weighted by atomic mass is 10.0. The van der Waals surface area contributed by atoms with Crippen molar-refractivity contribution in [2.24, 2.45) is 0 Å². The van der Waals surface area contributed by atoms with Gasteiger partial charge in [0.1, 0.15) is 0 Å². The number of benzene rings is 1. The number of rotatable bonds is 4. The third kappa shape index (κ3) is 4.01. The molecule has 0 spiro atoms. The molecular weight excluding hydrogens is 314 g/mol. The molecule has 24 heavy (non-hydrogen) atoms. The van der Waals surface area contributed by atoms with E-state index in [9.17, 15) is 19.7 Å². The van der Waals surface area contributed by atoms with E-state index in [1.165, 1.54) is 12.1 Å². The molecule has 0 bridgehead atoms. The average Bonchev–Trinajstić information content (AvgIpc) is 2.54. The van der Waals surface area contributed by atoms with Crippen LogP contribution in [0.15, 0.2) is 18.2 Å². The van der Waals surface area contributed by atoms with E-state index in [1.807, 2.05) is 0 Å². The van der Waals surface area contributed by atoms with Crippen LogP contribution in [0.3, 0.4) is 0 Å². The van der Waals surface area contributed by atoms with E-state index in [1.54, 1.807) is 24.8 Å². The van der Waals surface area contributed by atoms with Crippen LogP contribution in [0.25, 0.3) is 0 Å². The molecule has 2 amide bonds. The molecule has 1 aromatic carbocycles. The maximum atomic E-state index is 12.7. The quantitative estimate of drug-likeness (QED) is 0.671. The molecule has 8 heteroatoms. The number of carbonyl (C=O) groups is 2. The Morgan fingerprint density at radius 1 is 1.46 bits per heavy atom. The Morgan fingerprint density at radius 2 is 2.21 bits per heavy atom. The van der Waals surface area contributed by atoms with Crippen molar-refractivity contribution in [3.05, 3.63) is 39.4 Å². The number of piperidine rings is 1. The summed E-state index contributed by atoms with van der Waals surface area (Å²) in [6, 6.07) is 4.30. The summed E-state index contributed by atoms with van der Waals surface area (Å²) in [5.41, 5.74) is 0.605. The van der Waals surface area contributed by atoms with Crippen molar-refractivity contribution >= 4 is 17.7 Å². The molecule has 1 aliphatic rings. The van der Waals surface area contributed by atoms with Gasteiger partial charge in [-0.3, -0.25) is 14.9 Å². The van der Waals surface area contributed by atoms with Gasteiger partial charge in [-0.1, -0.05) is 6.07 Å². The van der Waals surface area contributed by atoms with Crippen LogP contribution in [0.2, 0.25) is 0 Å². The van der Waals surface area contributed by atoms with Crippen molar-refractivity contribution in [2.75, 3.05) is 19.7 Å². The Hall–Kier alpha value is -2.64. The maximum absolute atomic E-state index is 12.7. The van der Waals surface area contributed by atoms with Crippen LogP contribution in [-0.2, 0) is 4.74 Å². The minimum absolute atomic E-state index is 0.0703. The molecule has 1 aromatic rings. The number of likely N-dealkylation sites (tertiary alicyclic amines) is 1. The van der Waals surface area contributed by atoms with Gasteiger partial charge in [0.15, 0.2) is 0 Å². The van der Waals surface area contributed by atoms with Crippen molar-refractivity contribution in [1.82, 2.24) is 10.2 Å². The molecule has 2 rings (SSSR count). The van der Waals surface area contributed by atoms with Crippen LogP contribution in [0, 0.1) is 17.0 Å². The molecule has 130 valence electrons. The van der Waals surface area contributed by atoms with E-state index in [0.29, 0.717) is 24.2 Å². The lowest BCUT2D eigenvalue weighted by Crippen LogP contribution is -2.49. The fraction of sp³-hybridized carbons (Fsp3) is 0.500. The number of nitrogens with one attached hydrogen (secondary N) is 1. The van der Waals surface area contributed by atoms with Crippen LogP contribution in [0.5, 0.6) is 0 Å². The van der Waals surface area contributed by atoms with Crippen molar-refractivity contribution in [3.8, 4) is 0 Å². The molecule has 0 radical (unpaired) electrons. The number of carbonyl (C=O) groups excluding carboxylic acids is 2. The van der Waals surface area contributed by atoms with Gasteiger partial charge in [0.25, 0.3) is 11.6 Å². The molecule has 1 atom stereocenters. The second kappa shape index (κ2) is 7.76. The first kappa shape index (κ1) is 17.7. The van der Waals surface area contributed by atoms with E-state index in [4.69, 9.17) is 4.74 Å². The van der Waals surface area contributed by atoms with E-state index < -0.39 is 11.0 Å². The Morgan fingerprint density at radius 3 is 2.88 bits per heavy atom. The third-order valence-corrected chi connectivity index (χ3v) is 4.04. The number of alkyl carbamates (subject to hydrolysis) is 1. The molecule has 0 aromatic heterocycles. The Bertz CT molecular complexity index is 647. The van der Waals surface area contributed by atoms with Crippen molar-refractivity contribution in [1.29, 1.82) is 0 Å². The topological polar surface area (TPSA) is 102 Å². The Balaban J connectivity index is 2.11. The summed E-state index contributed by atoms with van der Waals surface area (Å²) in [5, 5.41) is 13.8. The highest BCUT2D eigenvalue weighted by molar-refractivity contribution is 5.96. The Kier molecular flexibility index (Phi) is 5.73. The van der Waals surface area contributed by atoms with Gasteiger partial charge >= 0.3 is 6.09 Å². The molecule has 1 aliphatic heterocycles. The highest BCUT2D eigenvalue weighted by atomic mass is 16.6. The predicted molar refractivity (Wildman–Crippen MR) is 86.9 cm³/mol. The summed E-state index contributed by atoms with van der Waals surface area (Å²) in [6.07, 6.45) is 1.01. The standard InChI is InChI=1S/C16H21N3O5/c1-3-24-16(21)17-12-6-5-9-18(10-12)15(20)13-7-4-8-14(11(13)2)19(22)23/h4,7-8,12H,3,5-6,9-10H2,1-2H3,(H,17,21). The largest absolute Gasteiger partial charge is 0.450 e. The van der Waals surface area contributed by atoms with Gasteiger partial charge in [0.05, 0.1) is 11.5 Å². The van der Waals surface area contributed by atoms with E-state index in [0.717, 1.165) is 12.8 Å².